The third-order valence-electron chi connectivity index (χ3n) is 7.91. The molecule has 3 heteroatoms. The van der Waals surface area contributed by atoms with Crippen LogP contribution in [-0.4, -0.2) is 8.07 Å². The number of hydrogen-bond acceptors (Lipinski definition) is 1. The standard InChI is InChI=1S/C33H36NOSi/c1-19(2)15-28-24-12-9-20(3)16-26(24)21(4)30-32-31-25(13-14-34(32)5)27-18-23(36(6,7)8)11-10-22(27)17-29(31)35-33(28)30/h9-14,16-19H,15H2,1-8H3/q+1. The quantitative estimate of drug-likeness (QED) is 0.139. The molecule has 0 radical (unpaired) electrons. The molecule has 5 aromatic rings. The van der Waals surface area contributed by atoms with Crippen LogP contribution in [0.15, 0.2) is 54.7 Å². The highest BCUT2D eigenvalue weighted by atomic mass is 28.3. The summed E-state index contributed by atoms with van der Waals surface area (Å²) in [6.45, 7) is 16.3. The van der Waals surface area contributed by atoms with Gasteiger partial charge in [-0.15, -0.1) is 0 Å². The van der Waals surface area contributed by atoms with Gasteiger partial charge < -0.3 is 4.74 Å². The highest BCUT2D eigenvalue weighted by Gasteiger charge is 2.33. The van der Waals surface area contributed by atoms with Crippen LogP contribution in [0.3, 0.4) is 0 Å². The molecule has 0 saturated carbocycles. The molecule has 0 unspecified atom stereocenters. The van der Waals surface area contributed by atoms with Crippen LogP contribution in [0.2, 0.25) is 19.6 Å². The van der Waals surface area contributed by atoms with Crippen LogP contribution < -0.4 is 14.5 Å². The highest BCUT2D eigenvalue weighted by Crippen LogP contribution is 2.52. The number of fused-ring (bicyclic) bond motifs is 5. The SMILES string of the molecule is Cc1ccc2c(CC(C)C)c3c(c(C)c2c1)-c1c2c(cc4ccc([Si](C)(C)C)cc4c2cc[n+]1C)O3. The zero-order chi connectivity index (χ0) is 25.5. The highest BCUT2D eigenvalue weighted by molar-refractivity contribution is 6.88. The van der Waals surface area contributed by atoms with Crippen molar-refractivity contribution in [1.82, 2.24) is 0 Å². The molecule has 0 bridgehead atoms. The number of ether oxygens (including phenoxy) is 1. The van der Waals surface area contributed by atoms with Crippen LogP contribution in [0, 0.1) is 19.8 Å². The predicted molar refractivity (Wildman–Crippen MR) is 157 cm³/mol. The molecular formula is C33H36NOSi+. The average Bonchev–Trinajstić information content (AvgIpc) is 2.81. The molecule has 6 rings (SSSR count). The third kappa shape index (κ3) is 3.40. The Kier molecular flexibility index (Phi) is 5.11. The van der Waals surface area contributed by atoms with Gasteiger partial charge in [-0.2, -0.15) is 0 Å². The van der Waals surface area contributed by atoms with E-state index in [4.69, 9.17) is 4.74 Å². The number of pyridine rings is 1. The van der Waals surface area contributed by atoms with Gasteiger partial charge in [-0.05, 0) is 59.4 Å². The maximum Gasteiger partial charge on any atom is 0.228 e. The molecular weight excluding hydrogens is 454 g/mol. The largest absolute Gasteiger partial charge is 0.455 e. The van der Waals surface area contributed by atoms with Gasteiger partial charge in [0.1, 0.15) is 18.5 Å². The third-order valence-corrected chi connectivity index (χ3v) is 9.95. The molecule has 4 aromatic carbocycles. The fourth-order valence-corrected chi connectivity index (χ4v) is 7.19. The fourth-order valence-electron chi connectivity index (χ4n) is 6.03. The number of benzene rings is 4. The number of rotatable bonds is 3. The summed E-state index contributed by atoms with van der Waals surface area (Å²) in [6.07, 6.45) is 3.23. The maximum atomic E-state index is 6.96. The summed E-state index contributed by atoms with van der Waals surface area (Å²) in [5.41, 5.74) is 6.46. The topological polar surface area (TPSA) is 13.1 Å². The van der Waals surface area contributed by atoms with Crippen LogP contribution in [0.1, 0.15) is 30.5 Å². The molecule has 182 valence electrons. The van der Waals surface area contributed by atoms with E-state index in [1.54, 1.807) is 0 Å². The summed E-state index contributed by atoms with van der Waals surface area (Å²) >= 11 is 0. The Labute approximate surface area is 215 Å². The smallest absolute Gasteiger partial charge is 0.228 e. The Hall–Kier alpha value is -3.17. The zero-order valence-corrected chi connectivity index (χ0v) is 23.8. The zero-order valence-electron chi connectivity index (χ0n) is 22.8. The predicted octanol–water partition coefficient (Wildman–Crippen LogP) is 8.10. The van der Waals surface area contributed by atoms with Crippen molar-refractivity contribution in [3.8, 4) is 22.8 Å². The molecule has 1 aromatic heterocycles. The summed E-state index contributed by atoms with van der Waals surface area (Å²) in [5.74, 6) is 2.56. The summed E-state index contributed by atoms with van der Waals surface area (Å²) in [7, 11) is 0.746. The molecule has 0 atom stereocenters. The normalized spacial score (nSPS) is 13.0. The molecule has 1 aliphatic rings. The lowest BCUT2D eigenvalue weighted by molar-refractivity contribution is -0.659. The van der Waals surface area contributed by atoms with E-state index in [0.717, 1.165) is 17.9 Å². The number of aryl methyl sites for hydroxylation is 3. The summed E-state index contributed by atoms with van der Waals surface area (Å²) in [5, 5.41) is 9.27. The molecule has 2 heterocycles. The Morgan fingerprint density at radius 3 is 2.36 bits per heavy atom. The van der Waals surface area contributed by atoms with Gasteiger partial charge in [0, 0.05) is 17.0 Å². The number of nitrogens with zero attached hydrogens (tertiary/aromatic N) is 1. The Morgan fingerprint density at radius 1 is 0.861 bits per heavy atom. The molecule has 2 nitrogen and oxygen atoms in total. The van der Waals surface area contributed by atoms with Crippen molar-refractivity contribution >= 4 is 45.6 Å². The first-order valence-corrected chi connectivity index (χ1v) is 16.7. The second-order valence-electron chi connectivity index (χ2n) is 12.2. The summed E-state index contributed by atoms with van der Waals surface area (Å²) in [6, 6.07) is 18.5. The van der Waals surface area contributed by atoms with E-state index in [1.807, 2.05) is 0 Å². The second-order valence-corrected chi connectivity index (χ2v) is 17.3. The van der Waals surface area contributed by atoms with Crippen molar-refractivity contribution in [2.24, 2.45) is 13.0 Å². The van der Waals surface area contributed by atoms with Crippen molar-refractivity contribution in [1.29, 1.82) is 0 Å². The minimum absolute atomic E-state index is 0.535. The van der Waals surface area contributed by atoms with Crippen molar-refractivity contribution in [3.05, 3.63) is 71.4 Å². The van der Waals surface area contributed by atoms with Gasteiger partial charge >= 0.3 is 0 Å². The minimum Gasteiger partial charge on any atom is -0.455 e. The van der Waals surface area contributed by atoms with Crippen LogP contribution in [0.25, 0.3) is 43.6 Å². The van der Waals surface area contributed by atoms with Crippen LogP contribution >= 0.6 is 0 Å². The second kappa shape index (κ2) is 7.91. The van der Waals surface area contributed by atoms with Crippen LogP contribution in [0.5, 0.6) is 11.5 Å². The van der Waals surface area contributed by atoms with Gasteiger partial charge in [-0.3, -0.25) is 0 Å². The molecule has 0 amide bonds. The molecule has 0 saturated heterocycles. The average molecular weight is 491 g/mol. The lowest BCUT2D eigenvalue weighted by atomic mass is 9.85. The molecule has 0 N–H and O–H groups in total. The molecule has 1 aliphatic heterocycles. The monoisotopic (exact) mass is 490 g/mol. The summed E-state index contributed by atoms with van der Waals surface area (Å²) < 4.78 is 9.26. The van der Waals surface area contributed by atoms with E-state index in [9.17, 15) is 0 Å². The lowest BCUT2D eigenvalue weighted by Crippen LogP contribution is -2.37. The molecule has 36 heavy (non-hydrogen) atoms. The number of aromatic nitrogens is 1. The van der Waals surface area contributed by atoms with E-state index < -0.39 is 8.07 Å². The van der Waals surface area contributed by atoms with Gasteiger partial charge in [0.15, 0.2) is 6.20 Å². The first-order chi connectivity index (χ1) is 17.0. The summed E-state index contributed by atoms with van der Waals surface area (Å²) in [4.78, 5) is 0. The number of hydrogen-bond donors (Lipinski definition) is 0. The molecule has 0 aliphatic carbocycles. The van der Waals surface area contributed by atoms with E-state index in [1.165, 1.54) is 65.5 Å². The van der Waals surface area contributed by atoms with Crippen molar-refractivity contribution in [2.75, 3.05) is 0 Å². The van der Waals surface area contributed by atoms with Gasteiger partial charge in [-0.1, -0.05) is 80.6 Å². The van der Waals surface area contributed by atoms with Gasteiger partial charge in [0.2, 0.25) is 5.69 Å². The van der Waals surface area contributed by atoms with Gasteiger partial charge in [-0.25, -0.2) is 4.57 Å². The lowest BCUT2D eigenvalue weighted by Gasteiger charge is -2.26. The van der Waals surface area contributed by atoms with Crippen molar-refractivity contribution in [3.63, 3.8) is 0 Å². The Bertz CT molecular complexity index is 1720. The van der Waals surface area contributed by atoms with Crippen molar-refractivity contribution in [2.45, 2.75) is 53.8 Å². The van der Waals surface area contributed by atoms with E-state index in [0.29, 0.717) is 5.92 Å². The van der Waals surface area contributed by atoms with Gasteiger partial charge in [0.05, 0.1) is 19.0 Å². The first kappa shape index (κ1) is 23.2. The minimum atomic E-state index is -1.43. The Morgan fingerprint density at radius 2 is 1.64 bits per heavy atom. The molecule has 0 spiro atoms. The molecule has 0 fully saturated rings. The van der Waals surface area contributed by atoms with E-state index in [-0.39, 0.29) is 0 Å². The van der Waals surface area contributed by atoms with Crippen molar-refractivity contribution < 1.29 is 9.30 Å². The van der Waals surface area contributed by atoms with Crippen LogP contribution in [-0.2, 0) is 13.5 Å². The fraction of sp³-hybridized carbons (Fsp3) is 0.303. The van der Waals surface area contributed by atoms with E-state index >= 15 is 0 Å². The Balaban J connectivity index is 1.78. The van der Waals surface area contributed by atoms with E-state index in [2.05, 4.69) is 114 Å². The maximum absolute atomic E-state index is 6.96. The first-order valence-electron chi connectivity index (χ1n) is 13.2. The van der Waals surface area contributed by atoms with Crippen LogP contribution in [0.4, 0.5) is 0 Å². The van der Waals surface area contributed by atoms with Gasteiger partial charge in [0.25, 0.3) is 0 Å².